The van der Waals surface area contributed by atoms with Gasteiger partial charge in [0.2, 0.25) is 5.91 Å². The third-order valence-electron chi connectivity index (χ3n) is 4.07. The van der Waals surface area contributed by atoms with Gasteiger partial charge in [-0.25, -0.2) is 0 Å². The topological polar surface area (TPSA) is 44.4 Å². The van der Waals surface area contributed by atoms with E-state index in [-0.39, 0.29) is 11.8 Å². The van der Waals surface area contributed by atoms with E-state index in [4.69, 9.17) is 0 Å². The number of rotatable bonds is 7. The van der Waals surface area contributed by atoms with Crippen molar-refractivity contribution in [3.63, 3.8) is 0 Å². The Morgan fingerprint density at radius 3 is 2.27 bits per heavy atom. The van der Waals surface area contributed by atoms with Crippen LogP contribution in [0.5, 0.6) is 0 Å². The third-order valence-corrected chi connectivity index (χ3v) is 5.83. The van der Waals surface area contributed by atoms with Crippen LogP contribution in [-0.2, 0) is 11.2 Å². The van der Waals surface area contributed by atoms with Gasteiger partial charge in [-0.05, 0) is 57.7 Å². The maximum Gasteiger partial charge on any atom is 0.228 e. The number of allylic oxidation sites excluding steroid dienone is 2. The van der Waals surface area contributed by atoms with Crippen LogP contribution in [0.3, 0.4) is 0 Å². The minimum Gasteiger partial charge on any atom is -0.371 e. The Kier molecular flexibility index (Phi) is 21.7. The molecule has 0 radical (unpaired) electrons. The van der Waals surface area contributed by atoms with Gasteiger partial charge in [0, 0.05) is 35.0 Å². The van der Waals surface area contributed by atoms with Crippen molar-refractivity contribution in [2.45, 2.75) is 74.1 Å². The van der Waals surface area contributed by atoms with Crippen LogP contribution in [-0.4, -0.2) is 26.0 Å². The molecule has 4 nitrogen and oxygen atoms in total. The van der Waals surface area contributed by atoms with Crippen molar-refractivity contribution >= 4 is 34.9 Å². The summed E-state index contributed by atoms with van der Waals surface area (Å²) in [6.45, 7) is 19.4. The molecular weight excluding hydrogens is 410 g/mol. The fourth-order valence-electron chi connectivity index (χ4n) is 2.76. The quantitative estimate of drug-likeness (QED) is 0.343. The van der Waals surface area contributed by atoms with Crippen LogP contribution in [0.2, 0.25) is 0 Å². The van der Waals surface area contributed by atoms with Crippen molar-refractivity contribution in [2.75, 3.05) is 25.0 Å². The summed E-state index contributed by atoms with van der Waals surface area (Å²) in [5, 5.41) is 6.21. The largest absolute Gasteiger partial charge is 0.371 e. The van der Waals surface area contributed by atoms with Gasteiger partial charge in [-0.3, -0.25) is 9.52 Å². The Hall–Kier alpha value is -1.24. The first-order chi connectivity index (χ1) is 14.6. The lowest BCUT2D eigenvalue weighted by Gasteiger charge is -2.32. The number of thiophene rings is 1. The first kappa shape index (κ1) is 30.9. The molecule has 0 aromatic carbocycles. The predicted molar refractivity (Wildman–Crippen MR) is 140 cm³/mol. The van der Waals surface area contributed by atoms with E-state index in [1.54, 1.807) is 6.08 Å². The van der Waals surface area contributed by atoms with Gasteiger partial charge >= 0.3 is 0 Å². The van der Waals surface area contributed by atoms with E-state index >= 15 is 0 Å². The predicted octanol–water partition coefficient (Wildman–Crippen LogP) is 7.01. The molecule has 30 heavy (non-hydrogen) atoms. The lowest BCUT2D eigenvalue weighted by molar-refractivity contribution is -0.124. The molecule has 0 saturated carbocycles. The monoisotopic (exact) mass is 455 g/mol. The number of anilines is 1. The van der Waals surface area contributed by atoms with Gasteiger partial charge in [-0.1, -0.05) is 53.7 Å². The average Bonchev–Trinajstić information content (AvgIpc) is 3.27. The summed E-state index contributed by atoms with van der Waals surface area (Å²) in [6.07, 6.45) is 7.66. The molecule has 2 N–H and O–H groups in total. The number of nitrogens with zero attached hydrogens (tertiary/aromatic N) is 1. The summed E-state index contributed by atoms with van der Waals surface area (Å²) in [5.41, 5.74) is 1.32. The number of aryl methyl sites for hydroxylation is 1. The van der Waals surface area contributed by atoms with Crippen LogP contribution in [0.1, 0.15) is 72.6 Å². The van der Waals surface area contributed by atoms with Crippen LogP contribution < -0.4 is 14.9 Å². The molecule has 1 amide bonds. The summed E-state index contributed by atoms with van der Waals surface area (Å²) in [6, 6.07) is 2.29. The Morgan fingerprint density at radius 1 is 1.27 bits per heavy atom. The highest BCUT2D eigenvalue weighted by Crippen LogP contribution is 2.28. The molecule has 0 bridgehead atoms. The van der Waals surface area contributed by atoms with E-state index in [1.165, 1.54) is 22.5 Å². The van der Waals surface area contributed by atoms with Crippen molar-refractivity contribution in [1.29, 1.82) is 0 Å². The van der Waals surface area contributed by atoms with Gasteiger partial charge in [0.1, 0.15) is 0 Å². The molecule has 0 aliphatic carbocycles. The smallest absolute Gasteiger partial charge is 0.228 e. The van der Waals surface area contributed by atoms with Gasteiger partial charge in [0.15, 0.2) is 0 Å². The molecule has 174 valence electrons. The van der Waals surface area contributed by atoms with Gasteiger partial charge in [0.05, 0.1) is 5.03 Å². The van der Waals surface area contributed by atoms with Crippen LogP contribution in [0.25, 0.3) is 0 Å². The Bertz CT molecular complexity index is 577. The molecule has 2 heterocycles. The van der Waals surface area contributed by atoms with E-state index in [1.807, 2.05) is 59.1 Å². The second kappa shape index (κ2) is 21.0. The van der Waals surface area contributed by atoms with E-state index < -0.39 is 0 Å². The molecule has 6 heteroatoms. The van der Waals surface area contributed by atoms with Crippen molar-refractivity contribution in [3.05, 3.63) is 40.1 Å². The van der Waals surface area contributed by atoms with Crippen molar-refractivity contribution in [2.24, 2.45) is 5.92 Å². The van der Waals surface area contributed by atoms with Gasteiger partial charge in [-0.15, -0.1) is 17.9 Å². The maximum absolute atomic E-state index is 12.4. The van der Waals surface area contributed by atoms with E-state index in [9.17, 15) is 4.79 Å². The van der Waals surface area contributed by atoms with Gasteiger partial charge < -0.3 is 10.2 Å². The Balaban J connectivity index is 0. The van der Waals surface area contributed by atoms with E-state index in [0.717, 1.165) is 43.8 Å². The maximum atomic E-state index is 12.4. The standard InChI is InChI=1S/C17H27N3OS2.C3H6.2C2H6/c1-4-6-16(23-18-3)19-17(21)13-7-9-20(10-8-13)14-11-15(5-2)22-12-14;1-3-2;2*1-2/h6,11-13,18H,4-5,7-10H2,1-3H3,(H,19,21);3H,1H2,2H3;2*1-2H3/b16-6-;;;. The fraction of sp³-hybridized carbons (Fsp3) is 0.625. The minimum atomic E-state index is 0.119. The first-order valence-corrected chi connectivity index (χ1v) is 13.0. The van der Waals surface area contributed by atoms with Crippen LogP contribution >= 0.6 is 23.3 Å². The minimum absolute atomic E-state index is 0.119. The van der Waals surface area contributed by atoms with Crippen LogP contribution in [0.15, 0.2) is 35.2 Å². The summed E-state index contributed by atoms with van der Waals surface area (Å²) in [4.78, 5) is 16.3. The SMILES string of the molecule is C=CC.CC.CC.CC/C=C(/NC(=O)C1CCN(c2csc(CC)c2)CC1)SNC. The first-order valence-electron chi connectivity index (χ1n) is 11.3. The highest BCUT2D eigenvalue weighted by molar-refractivity contribution is 8.01. The lowest BCUT2D eigenvalue weighted by Crippen LogP contribution is -2.40. The average molecular weight is 456 g/mol. The van der Waals surface area contributed by atoms with E-state index in [0.29, 0.717) is 0 Å². The third kappa shape index (κ3) is 12.5. The lowest BCUT2D eigenvalue weighted by atomic mass is 9.96. The molecule has 1 aromatic heterocycles. The zero-order valence-electron chi connectivity index (χ0n) is 20.5. The molecule has 1 aliphatic rings. The fourth-order valence-corrected chi connectivity index (χ4v) is 4.22. The molecule has 2 rings (SSSR count). The van der Waals surface area contributed by atoms with Crippen molar-refractivity contribution in [1.82, 2.24) is 10.0 Å². The molecule has 0 unspecified atom stereocenters. The molecule has 1 aromatic rings. The Morgan fingerprint density at radius 2 is 1.83 bits per heavy atom. The number of hydrogen-bond acceptors (Lipinski definition) is 5. The molecule has 0 spiro atoms. The molecular formula is C24H45N3OS2. The zero-order chi connectivity index (χ0) is 23.4. The van der Waals surface area contributed by atoms with Gasteiger partial charge in [0.25, 0.3) is 0 Å². The summed E-state index contributed by atoms with van der Waals surface area (Å²) in [7, 11) is 1.87. The number of piperidine rings is 1. The van der Waals surface area contributed by atoms with Crippen LogP contribution in [0, 0.1) is 5.92 Å². The number of carbonyl (C=O) groups is 1. The van der Waals surface area contributed by atoms with Crippen molar-refractivity contribution < 1.29 is 4.79 Å². The second-order valence-corrected chi connectivity index (χ2v) is 8.11. The number of carbonyl (C=O) groups excluding carboxylic acids is 1. The van der Waals surface area contributed by atoms with Crippen molar-refractivity contribution in [3.8, 4) is 0 Å². The molecule has 0 atom stereocenters. The summed E-state index contributed by atoms with van der Waals surface area (Å²) >= 11 is 3.30. The second-order valence-electron chi connectivity index (χ2n) is 6.07. The summed E-state index contributed by atoms with van der Waals surface area (Å²) < 4.78 is 3.02. The highest BCUT2D eigenvalue weighted by atomic mass is 32.2. The molecule has 1 aliphatic heterocycles. The number of amides is 1. The van der Waals surface area contributed by atoms with Crippen LogP contribution in [0.4, 0.5) is 5.69 Å². The Labute approximate surface area is 194 Å². The highest BCUT2D eigenvalue weighted by Gasteiger charge is 2.26. The normalized spacial score (nSPS) is 13.6. The summed E-state index contributed by atoms with van der Waals surface area (Å²) in [5.74, 6) is 0.278. The molecule has 1 fully saturated rings. The number of hydrogen-bond donors (Lipinski definition) is 2. The van der Waals surface area contributed by atoms with E-state index in [2.05, 4.69) is 46.8 Å². The molecule has 1 saturated heterocycles. The van der Waals surface area contributed by atoms with Gasteiger partial charge in [-0.2, -0.15) is 0 Å². The zero-order valence-corrected chi connectivity index (χ0v) is 22.1. The number of nitrogens with one attached hydrogen (secondary N) is 2.